The van der Waals surface area contributed by atoms with Gasteiger partial charge < -0.3 is 15.5 Å². The number of aromatic nitrogens is 2. The van der Waals surface area contributed by atoms with E-state index in [1.165, 1.54) is 0 Å². The minimum absolute atomic E-state index is 0.0325. The third kappa shape index (κ3) is 3.91. The van der Waals surface area contributed by atoms with Crippen molar-refractivity contribution in [2.24, 2.45) is 7.05 Å². The van der Waals surface area contributed by atoms with E-state index in [9.17, 15) is 14.4 Å². The molecule has 2 N–H and O–H groups in total. The second kappa shape index (κ2) is 7.90. The molecule has 0 spiro atoms. The lowest BCUT2D eigenvalue weighted by Crippen LogP contribution is -2.39. The van der Waals surface area contributed by atoms with Crippen molar-refractivity contribution in [2.75, 3.05) is 12.4 Å². The van der Waals surface area contributed by atoms with Gasteiger partial charge in [0, 0.05) is 43.0 Å². The molecule has 1 aromatic carbocycles. The first-order valence-corrected chi connectivity index (χ1v) is 9.33. The van der Waals surface area contributed by atoms with Gasteiger partial charge in [-0.2, -0.15) is 5.10 Å². The lowest BCUT2D eigenvalue weighted by molar-refractivity contribution is -0.127. The highest BCUT2D eigenvalue weighted by atomic mass is 16.2. The first kappa shape index (κ1) is 20.3. The molecular weight excluding hydrogens is 370 g/mol. The Bertz CT molecular complexity index is 994. The molecule has 0 aliphatic carbocycles. The van der Waals surface area contributed by atoms with Gasteiger partial charge in [0.25, 0.3) is 5.91 Å². The van der Waals surface area contributed by atoms with Crippen LogP contribution in [0.25, 0.3) is 0 Å². The zero-order chi connectivity index (χ0) is 21.3. The summed E-state index contributed by atoms with van der Waals surface area (Å²) in [5.41, 5.74) is 3.65. The third-order valence-corrected chi connectivity index (χ3v) is 5.34. The number of amides is 3. The molecule has 3 rings (SSSR count). The maximum absolute atomic E-state index is 12.9. The predicted octanol–water partition coefficient (Wildman–Crippen LogP) is 1.86. The fraction of sp³-hybridized carbons (Fsp3) is 0.333. The van der Waals surface area contributed by atoms with Crippen LogP contribution in [0.5, 0.6) is 0 Å². The van der Waals surface area contributed by atoms with E-state index in [0.29, 0.717) is 11.3 Å². The molecule has 152 valence electrons. The average Bonchev–Trinajstić information content (AvgIpc) is 3.09. The van der Waals surface area contributed by atoms with Crippen LogP contribution in [-0.2, 0) is 16.6 Å². The number of likely N-dealkylation sites (tertiary alicyclic amines) is 1. The van der Waals surface area contributed by atoms with Crippen LogP contribution >= 0.6 is 0 Å². The van der Waals surface area contributed by atoms with Gasteiger partial charge >= 0.3 is 0 Å². The lowest BCUT2D eigenvalue weighted by Gasteiger charge is -2.26. The van der Waals surface area contributed by atoms with E-state index < -0.39 is 0 Å². The molecule has 1 fully saturated rings. The number of carbonyl (C=O) groups excluding carboxylic acids is 3. The van der Waals surface area contributed by atoms with Crippen molar-refractivity contribution in [3.8, 4) is 0 Å². The molecule has 8 nitrogen and oxygen atoms in total. The topological polar surface area (TPSA) is 96.3 Å². The second-order valence-corrected chi connectivity index (χ2v) is 7.22. The highest BCUT2D eigenvalue weighted by molar-refractivity contribution is 6.01. The van der Waals surface area contributed by atoms with Crippen LogP contribution in [0.4, 0.5) is 5.69 Å². The van der Waals surface area contributed by atoms with Gasteiger partial charge in [-0.3, -0.25) is 19.1 Å². The minimum atomic E-state index is -0.381. The summed E-state index contributed by atoms with van der Waals surface area (Å²) in [7, 11) is 3.61. The van der Waals surface area contributed by atoms with Crippen LogP contribution in [0.3, 0.4) is 0 Å². The summed E-state index contributed by atoms with van der Waals surface area (Å²) in [5.74, 6) is -0.694. The monoisotopic (exact) mass is 395 g/mol. The molecule has 2 atom stereocenters. The summed E-state index contributed by atoms with van der Waals surface area (Å²) >= 11 is 0. The molecule has 2 heterocycles. The van der Waals surface area contributed by atoms with Crippen LogP contribution in [0.2, 0.25) is 0 Å². The summed E-state index contributed by atoms with van der Waals surface area (Å²) < 4.78 is 1.78. The van der Waals surface area contributed by atoms with E-state index >= 15 is 0 Å². The molecule has 1 aliphatic rings. The molecular formula is C21H25N5O3. The highest BCUT2D eigenvalue weighted by Crippen LogP contribution is 2.35. The van der Waals surface area contributed by atoms with Gasteiger partial charge in [0.05, 0.1) is 17.8 Å². The Balaban J connectivity index is 1.85. The molecule has 2 aromatic rings. The molecule has 29 heavy (non-hydrogen) atoms. The highest BCUT2D eigenvalue weighted by Gasteiger charge is 2.41. The van der Waals surface area contributed by atoms with Crippen molar-refractivity contribution >= 4 is 23.4 Å². The minimum Gasteiger partial charge on any atom is -0.346 e. The van der Waals surface area contributed by atoms with E-state index in [1.807, 2.05) is 20.9 Å². The van der Waals surface area contributed by atoms with Crippen LogP contribution in [0.15, 0.2) is 36.9 Å². The molecule has 1 aliphatic heterocycles. The van der Waals surface area contributed by atoms with E-state index in [4.69, 9.17) is 0 Å². The fourth-order valence-corrected chi connectivity index (χ4v) is 3.79. The SMILES string of the molecule is C=CC(=O)Nc1cccc(C(=O)N[C@H]2CC(=O)N(C)[C@@H]2c2c(C)nn(C)c2C)c1. The average molecular weight is 395 g/mol. The Morgan fingerprint density at radius 1 is 1.28 bits per heavy atom. The maximum atomic E-state index is 12.9. The predicted molar refractivity (Wildman–Crippen MR) is 109 cm³/mol. The number of hydrogen-bond donors (Lipinski definition) is 2. The Labute approximate surface area is 169 Å². The quantitative estimate of drug-likeness (QED) is 0.756. The Hall–Kier alpha value is -3.42. The fourth-order valence-electron chi connectivity index (χ4n) is 3.79. The number of aryl methyl sites for hydroxylation is 2. The molecule has 0 unspecified atom stereocenters. The Kier molecular flexibility index (Phi) is 5.54. The lowest BCUT2D eigenvalue weighted by atomic mass is 9.98. The van der Waals surface area contributed by atoms with Crippen LogP contribution < -0.4 is 10.6 Å². The third-order valence-electron chi connectivity index (χ3n) is 5.34. The van der Waals surface area contributed by atoms with Crippen molar-refractivity contribution in [3.63, 3.8) is 0 Å². The van der Waals surface area contributed by atoms with Crippen molar-refractivity contribution in [1.29, 1.82) is 0 Å². The number of benzene rings is 1. The van der Waals surface area contributed by atoms with E-state index in [-0.39, 0.29) is 36.2 Å². The Morgan fingerprint density at radius 3 is 2.62 bits per heavy atom. The van der Waals surface area contributed by atoms with E-state index in [0.717, 1.165) is 23.0 Å². The van der Waals surface area contributed by atoms with Gasteiger partial charge in [-0.05, 0) is 38.1 Å². The zero-order valence-corrected chi connectivity index (χ0v) is 17.0. The summed E-state index contributed by atoms with van der Waals surface area (Å²) in [6.07, 6.45) is 1.38. The second-order valence-electron chi connectivity index (χ2n) is 7.22. The number of anilines is 1. The van der Waals surface area contributed by atoms with Gasteiger partial charge in [0.15, 0.2) is 0 Å². The van der Waals surface area contributed by atoms with Gasteiger partial charge in [-0.1, -0.05) is 12.6 Å². The molecule has 1 saturated heterocycles. The maximum Gasteiger partial charge on any atom is 0.251 e. The smallest absolute Gasteiger partial charge is 0.251 e. The number of carbonyl (C=O) groups is 3. The largest absolute Gasteiger partial charge is 0.346 e. The standard InChI is InChI=1S/C21H25N5O3/c1-6-17(27)22-15-9-7-8-14(10-15)21(29)23-16-11-18(28)25(4)20(16)19-12(2)24-26(5)13(19)3/h6-10,16,20H,1,11H2,2-5H3,(H,22,27)(H,23,29)/t16-,20-/m0/s1. The van der Waals surface area contributed by atoms with Gasteiger partial charge in [0.1, 0.15) is 0 Å². The first-order chi connectivity index (χ1) is 13.7. The summed E-state index contributed by atoms with van der Waals surface area (Å²) in [6, 6.07) is 5.96. The van der Waals surface area contributed by atoms with Crippen LogP contribution in [0, 0.1) is 13.8 Å². The normalized spacial score (nSPS) is 18.6. The number of nitrogens with one attached hydrogen (secondary N) is 2. The van der Waals surface area contributed by atoms with Crippen molar-refractivity contribution in [1.82, 2.24) is 20.0 Å². The van der Waals surface area contributed by atoms with Crippen LogP contribution in [0.1, 0.15) is 39.8 Å². The molecule has 0 saturated carbocycles. The zero-order valence-electron chi connectivity index (χ0n) is 17.0. The molecule has 3 amide bonds. The van der Waals surface area contributed by atoms with E-state index in [2.05, 4.69) is 22.3 Å². The van der Waals surface area contributed by atoms with Crippen molar-refractivity contribution < 1.29 is 14.4 Å². The van der Waals surface area contributed by atoms with Gasteiger partial charge in [-0.15, -0.1) is 0 Å². The number of rotatable bonds is 5. The van der Waals surface area contributed by atoms with E-state index in [1.54, 1.807) is 40.9 Å². The summed E-state index contributed by atoms with van der Waals surface area (Å²) in [6.45, 7) is 7.28. The summed E-state index contributed by atoms with van der Waals surface area (Å²) in [5, 5.41) is 10.1. The summed E-state index contributed by atoms with van der Waals surface area (Å²) in [4.78, 5) is 38.5. The molecule has 0 radical (unpaired) electrons. The van der Waals surface area contributed by atoms with Crippen LogP contribution in [-0.4, -0.2) is 45.5 Å². The molecule has 1 aromatic heterocycles. The number of likely N-dealkylation sites (N-methyl/N-ethyl adjacent to an activating group) is 1. The molecule has 0 bridgehead atoms. The van der Waals surface area contributed by atoms with Crippen molar-refractivity contribution in [3.05, 3.63) is 59.4 Å². The number of nitrogens with zero attached hydrogens (tertiary/aromatic N) is 3. The van der Waals surface area contributed by atoms with Gasteiger partial charge in [-0.25, -0.2) is 0 Å². The first-order valence-electron chi connectivity index (χ1n) is 9.33. The van der Waals surface area contributed by atoms with Gasteiger partial charge in [0.2, 0.25) is 11.8 Å². The number of hydrogen-bond acceptors (Lipinski definition) is 4. The molecule has 8 heteroatoms. The Morgan fingerprint density at radius 2 is 2.00 bits per heavy atom. The van der Waals surface area contributed by atoms with Crippen molar-refractivity contribution in [2.45, 2.75) is 32.4 Å².